The summed E-state index contributed by atoms with van der Waals surface area (Å²) in [6.45, 7) is 0. The maximum atomic E-state index is 6.06. The normalized spacial score (nSPS) is 16.3. The van der Waals surface area contributed by atoms with Gasteiger partial charge in [0.25, 0.3) is 0 Å². The van der Waals surface area contributed by atoms with E-state index in [1.807, 2.05) is 60.7 Å². The lowest BCUT2D eigenvalue weighted by Gasteiger charge is -2.24. The van der Waals surface area contributed by atoms with Crippen molar-refractivity contribution in [3.8, 4) is 5.75 Å². The van der Waals surface area contributed by atoms with Crippen LogP contribution in [-0.2, 0) is 0 Å². The molecule has 1 heterocycles. The van der Waals surface area contributed by atoms with Gasteiger partial charge in [0.15, 0.2) is 0 Å². The van der Waals surface area contributed by atoms with Crippen LogP contribution in [0.4, 0.5) is 5.69 Å². The quantitative estimate of drug-likeness (QED) is 0.512. The van der Waals surface area contributed by atoms with E-state index in [2.05, 4.69) is 17.1 Å². The molecule has 0 radical (unpaired) electrons. The molecule has 136 valence electrons. The van der Waals surface area contributed by atoms with Crippen molar-refractivity contribution in [3.05, 3.63) is 94.0 Å². The molecule has 0 amide bonds. The van der Waals surface area contributed by atoms with Crippen molar-refractivity contribution in [3.63, 3.8) is 0 Å². The van der Waals surface area contributed by atoms with Gasteiger partial charge in [0, 0.05) is 16.5 Å². The van der Waals surface area contributed by atoms with Crippen LogP contribution in [0, 0.1) is 0 Å². The molecule has 1 atom stereocenters. The van der Waals surface area contributed by atoms with E-state index in [1.165, 1.54) is 5.56 Å². The number of halogens is 2. The van der Waals surface area contributed by atoms with Gasteiger partial charge < -0.3 is 4.74 Å². The third-order valence-electron chi connectivity index (χ3n) is 4.68. The Bertz CT molecular complexity index is 951. The van der Waals surface area contributed by atoms with Gasteiger partial charge in [0.05, 0.1) is 24.6 Å². The maximum absolute atomic E-state index is 6.06. The molecule has 0 aromatic heterocycles. The van der Waals surface area contributed by atoms with Crippen molar-refractivity contribution in [2.45, 2.75) is 12.5 Å². The summed E-state index contributed by atoms with van der Waals surface area (Å²) in [5, 5.41) is 8.41. The molecule has 27 heavy (non-hydrogen) atoms. The van der Waals surface area contributed by atoms with E-state index in [4.69, 9.17) is 33.0 Å². The van der Waals surface area contributed by atoms with E-state index in [0.717, 1.165) is 34.2 Å². The Balaban J connectivity index is 1.72. The highest BCUT2D eigenvalue weighted by Gasteiger charge is 2.29. The van der Waals surface area contributed by atoms with E-state index in [-0.39, 0.29) is 6.04 Å². The predicted octanol–water partition coefficient (Wildman–Crippen LogP) is 6.36. The highest BCUT2D eigenvalue weighted by Crippen LogP contribution is 2.37. The second-order valence-corrected chi connectivity index (χ2v) is 7.24. The van der Waals surface area contributed by atoms with Crippen LogP contribution in [0.15, 0.2) is 77.9 Å². The molecule has 3 aromatic rings. The molecular formula is C22H18Cl2N2O. The van der Waals surface area contributed by atoms with Gasteiger partial charge in [-0.15, -0.1) is 0 Å². The van der Waals surface area contributed by atoms with Crippen LogP contribution in [-0.4, -0.2) is 12.8 Å². The first-order valence-electron chi connectivity index (χ1n) is 8.66. The number of hydrogen-bond acceptors (Lipinski definition) is 3. The fraction of sp³-hybridized carbons (Fsp3) is 0.136. The minimum atomic E-state index is 0.0998. The number of nitrogens with zero attached hydrogens (tertiary/aromatic N) is 2. The SMILES string of the molecule is COc1ccc([C@H]2CC(c3ccc(Cl)cc3)=NN2c2ccc(Cl)cc2)cc1. The first-order chi connectivity index (χ1) is 13.1. The van der Waals surface area contributed by atoms with Crippen molar-refractivity contribution < 1.29 is 4.74 Å². The molecule has 3 nitrogen and oxygen atoms in total. The second kappa shape index (κ2) is 7.63. The third kappa shape index (κ3) is 3.80. The topological polar surface area (TPSA) is 24.8 Å². The number of benzene rings is 3. The fourth-order valence-electron chi connectivity index (χ4n) is 3.24. The van der Waals surface area contributed by atoms with E-state index in [0.29, 0.717) is 5.02 Å². The first-order valence-corrected chi connectivity index (χ1v) is 9.42. The molecule has 0 fully saturated rings. The van der Waals surface area contributed by atoms with E-state index in [9.17, 15) is 0 Å². The van der Waals surface area contributed by atoms with Crippen LogP contribution in [0.1, 0.15) is 23.6 Å². The molecule has 5 heteroatoms. The van der Waals surface area contributed by atoms with Crippen molar-refractivity contribution in [2.24, 2.45) is 5.10 Å². The molecule has 1 aliphatic rings. The van der Waals surface area contributed by atoms with Gasteiger partial charge in [-0.25, -0.2) is 0 Å². The van der Waals surface area contributed by atoms with Gasteiger partial charge in [-0.3, -0.25) is 5.01 Å². The lowest BCUT2D eigenvalue weighted by atomic mass is 9.98. The van der Waals surface area contributed by atoms with Crippen molar-refractivity contribution in [1.82, 2.24) is 0 Å². The maximum Gasteiger partial charge on any atom is 0.118 e. The fourth-order valence-corrected chi connectivity index (χ4v) is 3.50. The predicted molar refractivity (Wildman–Crippen MR) is 112 cm³/mol. The standard InChI is InChI=1S/C22H18Cl2N2O/c1-27-20-12-4-16(5-13-20)22-14-21(15-2-6-17(23)7-3-15)25-26(22)19-10-8-18(24)9-11-19/h2-13,22H,14H2,1H3/t22-/m1/s1. The van der Waals surface area contributed by atoms with E-state index >= 15 is 0 Å². The smallest absolute Gasteiger partial charge is 0.118 e. The molecule has 1 aliphatic heterocycles. The summed E-state index contributed by atoms with van der Waals surface area (Å²) in [5.74, 6) is 0.841. The highest BCUT2D eigenvalue weighted by atomic mass is 35.5. The molecule has 0 saturated carbocycles. The summed E-state index contributed by atoms with van der Waals surface area (Å²) in [4.78, 5) is 0. The van der Waals surface area contributed by atoms with Crippen LogP contribution in [0.2, 0.25) is 10.0 Å². The summed E-state index contributed by atoms with van der Waals surface area (Å²) in [6.07, 6.45) is 0.802. The van der Waals surface area contributed by atoms with Crippen molar-refractivity contribution in [1.29, 1.82) is 0 Å². The Morgan fingerprint density at radius 2 is 1.44 bits per heavy atom. The Morgan fingerprint density at radius 3 is 2.04 bits per heavy atom. The molecule has 4 rings (SSSR count). The van der Waals surface area contributed by atoms with Gasteiger partial charge in [-0.05, 0) is 59.7 Å². The summed E-state index contributed by atoms with van der Waals surface area (Å²) in [5.41, 5.74) is 4.29. The lowest BCUT2D eigenvalue weighted by molar-refractivity contribution is 0.414. The Labute approximate surface area is 168 Å². The van der Waals surface area contributed by atoms with Crippen molar-refractivity contribution in [2.75, 3.05) is 12.1 Å². The number of anilines is 1. The molecule has 0 bridgehead atoms. The Morgan fingerprint density at radius 1 is 0.852 bits per heavy atom. The van der Waals surface area contributed by atoms with Crippen LogP contribution >= 0.6 is 23.2 Å². The largest absolute Gasteiger partial charge is 0.497 e. The molecule has 0 aliphatic carbocycles. The van der Waals surface area contributed by atoms with Crippen LogP contribution in [0.5, 0.6) is 5.75 Å². The zero-order valence-electron chi connectivity index (χ0n) is 14.8. The Hall–Kier alpha value is -2.49. The zero-order valence-corrected chi connectivity index (χ0v) is 16.3. The number of hydrogen-bond donors (Lipinski definition) is 0. The van der Waals surface area contributed by atoms with Gasteiger partial charge in [0.2, 0.25) is 0 Å². The number of hydrazone groups is 1. The minimum Gasteiger partial charge on any atom is -0.497 e. The highest BCUT2D eigenvalue weighted by molar-refractivity contribution is 6.31. The van der Waals surface area contributed by atoms with Gasteiger partial charge in [-0.1, -0.05) is 47.5 Å². The monoisotopic (exact) mass is 396 g/mol. The molecule has 0 N–H and O–H groups in total. The molecular weight excluding hydrogens is 379 g/mol. The summed E-state index contributed by atoms with van der Waals surface area (Å²) < 4.78 is 5.29. The average molecular weight is 397 g/mol. The van der Waals surface area contributed by atoms with E-state index < -0.39 is 0 Å². The minimum absolute atomic E-state index is 0.0998. The van der Waals surface area contributed by atoms with Crippen LogP contribution in [0.25, 0.3) is 0 Å². The lowest BCUT2D eigenvalue weighted by Crippen LogP contribution is -2.18. The molecule has 0 spiro atoms. The van der Waals surface area contributed by atoms with E-state index in [1.54, 1.807) is 7.11 Å². The third-order valence-corrected chi connectivity index (χ3v) is 5.18. The number of rotatable bonds is 4. The average Bonchev–Trinajstić information content (AvgIpc) is 3.14. The number of methoxy groups -OCH3 is 1. The summed E-state index contributed by atoms with van der Waals surface area (Å²) >= 11 is 12.1. The van der Waals surface area contributed by atoms with Gasteiger partial charge >= 0.3 is 0 Å². The molecule has 0 unspecified atom stereocenters. The van der Waals surface area contributed by atoms with Gasteiger partial charge in [0.1, 0.15) is 5.75 Å². The van der Waals surface area contributed by atoms with Crippen LogP contribution < -0.4 is 9.75 Å². The van der Waals surface area contributed by atoms with Crippen LogP contribution in [0.3, 0.4) is 0 Å². The second-order valence-electron chi connectivity index (χ2n) is 6.37. The molecule has 3 aromatic carbocycles. The van der Waals surface area contributed by atoms with Crippen molar-refractivity contribution >= 4 is 34.6 Å². The number of ether oxygens (including phenoxy) is 1. The summed E-state index contributed by atoms with van der Waals surface area (Å²) in [7, 11) is 1.67. The summed E-state index contributed by atoms with van der Waals surface area (Å²) in [6, 6.07) is 23.8. The first kappa shape index (κ1) is 17.9. The van der Waals surface area contributed by atoms with Gasteiger partial charge in [-0.2, -0.15) is 5.10 Å². The molecule has 0 saturated heterocycles. The zero-order chi connectivity index (χ0) is 18.8. The Kier molecular flexibility index (Phi) is 5.06.